The van der Waals surface area contributed by atoms with Crippen LogP contribution < -0.4 is 5.73 Å². The number of nitrogens with zero attached hydrogens (tertiary/aromatic N) is 4. The van der Waals surface area contributed by atoms with Crippen LogP contribution in [-0.4, -0.2) is 31.5 Å². The third-order valence-electron chi connectivity index (χ3n) is 3.23. The lowest BCUT2D eigenvalue weighted by Crippen LogP contribution is -2.13. The van der Waals surface area contributed by atoms with Crippen molar-refractivity contribution in [3.8, 4) is 0 Å². The zero-order valence-corrected chi connectivity index (χ0v) is 10.2. The Morgan fingerprint density at radius 2 is 2.29 bits per heavy atom. The first-order valence-electron chi connectivity index (χ1n) is 5.89. The maximum Gasteiger partial charge on any atom is 0.234 e. The first-order chi connectivity index (χ1) is 8.29. The van der Waals surface area contributed by atoms with Crippen LogP contribution in [-0.2, 0) is 0 Å². The standard InChI is InChI=1S/C10H15N5OS/c11-5-4-7(16)9-14-15-8(6-2-1-3-6)12-13-10(15)17-9/h6-7,16H,1-5,11H2. The van der Waals surface area contributed by atoms with Gasteiger partial charge < -0.3 is 10.8 Å². The second-order valence-electron chi connectivity index (χ2n) is 4.41. The van der Waals surface area contributed by atoms with Crippen LogP contribution in [0, 0.1) is 0 Å². The number of fused-ring (bicyclic) bond motifs is 1. The predicted octanol–water partition coefficient (Wildman–Crippen LogP) is 0.836. The summed E-state index contributed by atoms with van der Waals surface area (Å²) in [5.74, 6) is 1.43. The van der Waals surface area contributed by atoms with Gasteiger partial charge in [0.15, 0.2) is 5.82 Å². The summed E-state index contributed by atoms with van der Waals surface area (Å²) in [6, 6.07) is 0. The summed E-state index contributed by atoms with van der Waals surface area (Å²) < 4.78 is 1.78. The molecule has 6 nitrogen and oxygen atoms in total. The van der Waals surface area contributed by atoms with Gasteiger partial charge in [-0.1, -0.05) is 17.8 Å². The summed E-state index contributed by atoms with van der Waals surface area (Å²) in [5.41, 5.74) is 5.43. The molecule has 3 rings (SSSR count). The van der Waals surface area contributed by atoms with Crippen LogP contribution in [0.2, 0.25) is 0 Å². The van der Waals surface area contributed by atoms with Gasteiger partial charge in [0.2, 0.25) is 4.96 Å². The van der Waals surface area contributed by atoms with Gasteiger partial charge in [0, 0.05) is 5.92 Å². The Hall–Kier alpha value is -1.05. The Labute approximate surface area is 102 Å². The molecule has 0 spiro atoms. The molecule has 1 atom stereocenters. The summed E-state index contributed by atoms with van der Waals surface area (Å²) in [7, 11) is 0. The quantitative estimate of drug-likeness (QED) is 0.842. The monoisotopic (exact) mass is 253 g/mol. The average Bonchev–Trinajstić information content (AvgIpc) is 2.78. The van der Waals surface area contributed by atoms with Crippen molar-refractivity contribution in [3.63, 3.8) is 0 Å². The second-order valence-corrected chi connectivity index (χ2v) is 5.40. The van der Waals surface area contributed by atoms with E-state index in [9.17, 15) is 5.11 Å². The van der Waals surface area contributed by atoms with E-state index in [0.29, 0.717) is 23.9 Å². The largest absolute Gasteiger partial charge is 0.386 e. The average molecular weight is 253 g/mol. The van der Waals surface area contributed by atoms with Gasteiger partial charge in [0.05, 0.1) is 0 Å². The molecule has 3 N–H and O–H groups in total. The van der Waals surface area contributed by atoms with Crippen LogP contribution in [0.15, 0.2) is 0 Å². The minimum absolute atomic E-state index is 0.455. The summed E-state index contributed by atoms with van der Waals surface area (Å²) in [6.07, 6.45) is 3.54. The smallest absolute Gasteiger partial charge is 0.234 e. The Kier molecular flexibility index (Phi) is 2.81. The van der Waals surface area contributed by atoms with Crippen LogP contribution in [0.1, 0.15) is 48.5 Å². The summed E-state index contributed by atoms with van der Waals surface area (Å²) in [6.45, 7) is 0.455. The lowest BCUT2D eigenvalue weighted by atomic mass is 9.85. The SMILES string of the molecule is NCCC(O)c1nn2c(C3CCC3)nnc2s1. The molecular formula is C10H15N5OS. The van der Waals surface area contributed by atoms with Crippen LogP contribution in [0.4, 0.5) is 0 Å². The highest BCUT2D eigenvalue weighted by Crippen LogP contribution is 2.36. The van der Waals surface area contributed by atoms with Gasteiger partial charge in [-0.25, -0.2) is 0 Å². The molecule has 17 heavy (non-hydrogen) atoms. The van der Waals surface area contributed by atoms with Crippen LogP contribution in [0.3, 0.4) is 0 Å². The van der Waals surface area contributed by atoms with E-state index in [1.807, 2.05) is 0 Å². The molecule has 92 valence electrons. The number of aliphatic hydroxyl groups is 1. The number of hydrogen-bond donors (Lipinski definition) is 2. The molecule has 0 saturated heterocycles. The fourth-order valence-electron chi connectivity index (χ4n) is 1.98. The number of aliphatic hydroxyl groups excluding tert-OH is 1. The molecule has 0 aromatic carbocycles. The van der Waals surface area contributed by atoms with Crippen LogP contribution >= 0.6 is 11.3 Å². The Morgan fingerprint density at radius 1 is 1.47 bits per heavy atom. The lowest BCUT2D eigenvalue weighted by molar-refractivity contribution is 0.168. The fraction of sp³-hybridized carbons (Fsp3) is 0.700. The van der Waals surface area contributed by atoms with E-state index in [-0.39, 0.29) is 0 Å². The predicted molar refractivity (Wildman–Crippen MR) is 63.9 cm³/mol. The molecule has 2 aromatic heterocycles. The van der Waals surface area contributed by atoms with Gasteiger partial charge in [-0.3, -0.25) is 0 Å². The van der Waals surface area contributed by atoms with E-state index >= 15 is 0 Å². The van der Waals surface area contributed by atoms with E-state index in [1.54, 1.807) is 4.52 Å². The minimum Gasteiger partial charge on any atom is -0.386 e. The van der Waals surface area contributed by atoms with E-state index in [0.717, 1.165) is 10.8 Å². The van der Waals surface area contributed by atoms with Crippen molar-refractivity contribution in [1.82, 2.24) is 19.8 Å². The maximum atomic E-state index is 9.85. The van der Waals surface area contributed by atoms with Crippen molar-refractivity contribution < 1.29 is 5.11 Å². The van der Waals surface area contributed by atoms with Crippen LogP contribution in [0.25, 0.3) is 4.96 Å². The van der Waals surface area contributed by atoms with E-state index in [1.165, 1.54) is 30.6 Å². The molecule has 2 aromatic rings. The molecule has 7 heteroatoms. The first-order valence-corrected chi connectivity index (χ1v) is 6.71. The van der Waals surface area contributed by atoms with Crippen LogP contribution in [0.5, 0.6) is 0 Å². The first kappa shape index (κ1) is 11.1. The Bertz CT molecular complexity index is 518. The van der Waals surface area contributed by atoms with Crippen molar-refractivity contribution in [2.24, 2.45) is 5.73 Å². The summed E-state index contributed by atoms with van der Waals surface area (Å²) in [4.78, 5) is 0.762. The topological polar surface area (TPSA) is 89.3 Å². The van der Waals surface area contributed by atoms with E-state index < -0.39 is 6.10 Å². The highest BCUT2D eigenvalue weighted by Gasteiger charge is 2.26. The Balaban J connectivity index is 1.93. The molecule has 1 unspecified atom stereocenters. The molecule has 1 fully saturated rings. The third-order valence-corrected chi connectivity index (χ3v) is 4.23. The molecule has 2 heterocycles. The van der Waals surface area contributed by atoms with Gasteiger partial charge in [0.1, 0.15) is 11.1 Å². The van der Waals surface area contributed by atoms with Gasteiger partial charge in [-0.2, -0.15) is 9.61 Å². The molecule has 0 radical (unpaired) electrons. The lowest BCUT2D eigenvalue weighted by Gasteiger charge is -2.22. The molecule has 0 amide bonds. The fourth-order valence-corrected chi connectivity index (χ4v) is 2.85. The number of nitrogens with two attached hydrogens (primary N) is 1. The zero-order chi connectivity index (χ0) is 11.8. The summed E-state index contributed by atoms with van der Waals surface area (Å²) in [5, 5.41) is 23.2. The molecule has 0 aliphatic heterocycles. The molecular weight excluding hydrogens is 238 g/mol. The highest BCUT2D eigenvalue weighted by atomic mass is 32.1. The third kappa shape index (κ3) is 1.84. The second kappa shape index (κ2) is 4.32. The number of aromatic nitrogens is 4. The van der Waals surface area contributed by atoms with Crippen molar-refractivity contribution in [1.29, 1.82) is 0 Å². The van der Waals surface area contributed by atoms with Crippen molar-refractivity contribution in [2.75, 3.05) is 6.54 Å². The molecule has 1 aliphatic carbocycles. The molecule has 1 aliphatic rings. The van der Waals surface area contributed by atoms with Gasteiger partial charge in [-0.05, 0) is 25.8 Å². The molecule has 1 saturated carbocycles. The Morgan fingerprint density at radius 3 is 2.94 bits per heavy atom. The number of rotatable bonds is 4. The minimum atomic E-state index is -0.582. The van der Waals surface area contributed by atoms with Gasteiger partial charge in [-0.15, -0.1) is 10.2 Å². The normalized spacial score (nSPS) is 18.5. The highest BCUT2D eigenvalue weighted by molar-refractivity contribution is 7.16. The maximum absolute atomic E-state index is 9.85. The van der Waals surface area contributed by atoms with E-state index in [4.69, 9.17) is 5.73 Å². The zero-order valence-electron chi connectivity index (χ0n) is 9.41. The number of hydrogen-bond acceptors (Lipinski definition) is 6. The van der Waals surface area contributed by atoms with E-state index in [2.05, 4.69) is 15.3 Å². The van der Waals surface area contributed by atoms with Gasteiger partial charge in [0.25, 0.3) is 0 Å². The van der Waals surface area contributed by atoms with Crippen molar-refractivity contribution >= 4 is 16.3 Å². The van der Waals surface area contributed by atoms with Gasteiger partial charge >= 0.3 is 0 Å². The molecule has 0 bridgehead atoms. The summed E-state index contributed by atoms with van der Waals surface area (Å²) >= 11 is 1.39. The van der Waals surface area contributed by atoms with Crippen molar-refractivity contribution in [2.45, 2.75) is 37.7 Å². The van der Waals surface area contributed by atoms with Crippen molar-refractivity contribution in [3.05, 3.63) is 10.8 Å².